The Morgan fingerprint density at radius 3 is 2.38 bits per heavy atom. The molecular formula is C10H10Cl3NO2. The fraction of sp³-hybridized carbons (Fsp3) is 0.300. The lowest BCUT2D eigenvalue weighted by molar-refractivity contribution is -0.137. The molecule has 16 heavy (non-hydrogen) atoms. The van der Waals surface area contributed by atoms with Crippen molar-refractivity contribution in [1.29, 1.82) is 0 Å². The molecule has 0 radical (unpaired) electrons. The van der Waals surface area contributed by atoms with E-state index in [-0.39, 0.29) is 0 Å². The van der Waals surface area contributed by atoms with Crippen molar-refractivity contribution >= 4 is 46.5 Å². The van der Waals surface area contributed by atoms with Gasteiger partial charge in [0.05, 0.1) is 20.8 Å². The van der Waals surface area contributed by atoms with Gasteiger partial charge in [-0.05, 0) is 18.6 Å². The molecule has 1 rings (SSSR count). The predicted octanol–water partition coefficient (Wildman–Crippen LogP) is 3.92. The molecule has 0 fully saturated rings. The Kier molecular flexibility index (Phi) is 4.71. The lowest BCUT2D eigenvalue weighted by atomic mass is 10.2. The summed E-state index contributed by atoms with van der Waals surface area (Å²) in [5.74, 6) is -0.940. The average molecular weight is 283 g/mol. The van der Waals surface area contributed by atoms with E-state index in [2.05, 4.69) is 5.32 Å². The SMILES string of the molecule is CCC(Nc1cc(Cl)c(Cl)cc1Cl)C(=O)O. The van der Waals surface area contributed by atoms with Crippen LogP contribution < -0.4 is 5.32 Å². The number of aliphatic carboxylic acids is 1. The molecule has 1 atom stereocenters. The lowest BCUT2D eigenvalue weighted by Gasteiger charge is -2.15. The van der Waals surface area contributed by atoms with Crippen LogP contribution in [0.1, 0.15) is 13.3 Å². The maximum atomic E-state index is 10.8. The number of carboxylic acid groups (broad SMARTS) is 1. The molecule has 3 nitrogen and oxygen atoms in total. The zero-order valence-corrected chi connectivity index (χ0v) is 10.7. The minimum atomic E-state index is -0.940. The van der Waals surface area contributed by atoms with Gasteiger partial charge in [0.25, 0.3) is 0 Å². The maximum Gasteiger partial charge on any atom is 0.326 e. The van der Waals surface area contributed by atoms with Gasteiger partial charge >= 0.3 is 5.97 Å². The predicted molar refractivity (Wildman–Crippen MR) is 66.8 cm³/mol. The van der Waals surface area contributed by atoms with Gasteiger partial charge in [0.15, 0.2) is 0 Å². The van der Waals surface area contributed by atoms with Crippen molar-refractivity contribution in [3.8, 4) is 0 Å². The number of carboxylic acids is 1. The number of benzene rings is 1. The quantitative estimate of drug-likeness (QED) is 0.823. The Balaban J connectivity index is 2.96. The molecule has 1 aromatic rings. The molecule has 2 N–H and O–H groups in total. The van der Waals surface area contributed by atoms with Crippen LogP contribution >= 0.6 is 34.8 Å². The molecule has 0 amide bonds. The van der Waals surface area contributed by atoms with Crippen molar-refractivity contribution in [3.63, 3.8) is 0 Å². The van der Waals surface area contributed by atoms with Crippen molar-refractivity contribution in [1.82, 2.24) is 0 Å². The first-order chi connectivity index (χ1) is 7.45. The average Bonchev–Trinajstić information content (AvgIpc) is 2.21. The van der Waals surface area contributed by atoms with E-state index in [1.165, 1.54) is 12.1 Å². The molecule has 6 heteroatoms. The third kappa shape index (κ3) is 3.17. The number of hydrogen-bond donors (Lipinski definition) is 2. The van der Waals surface area contributed by atoms with Gasteiger partial charge in [-0.25, -0.2) is 4.79 Å². The van der Waals surface area contributed by atoms with E-state index in [1.54, 1.807) is 6.92 Å². The van der Waals surface area contributed by atoms with Gasteiger partial charge in [-0.3, -0.25) is 0 Å². The maximum absolute atomic E-state index is 10.8. The van der Waals surface area contributed by atoms with E-state index < -0.39 is 12.0 Å². The normalized spacial score (nSPS) is 12.2. The van der Waals surface area contributed by atoms with Gasteiger partial charge in [0.2, 0.25) is 0 Å². The van der Waals surface area contributed by atoms with Gasteiger partial charge in [-0.2, -0.15) is 0 Å². The Morgan fingerprint density at radius 1 is 1.31 bits per heavy atom. The molecule has 0 aliphatic heterocycles. The van der Waals surface area contributed by atoms with Crippen molar-refractivity contribution in [2.24, 2.45) is 0 Å². The van der Waals surface area contributed by atoms with E-state index in [4.69, 9.17) is 39.9 Å². The van der Waals surface area contributed by atoms with Gasteiger partial charge in [-0.15, -0.1) is 0 Å². The van der Waals surface area contributed by atoms with Crippen molar-refractivity contribution in [3.05, 3.63) is 27.2 Å². The van der Waals surface area contributed by atoms with Gasteiger partial charge in [-0.1, -0.05) is 41.7 Å². The van der Waals surface area contributed by atoms with Crippen LogP contribution in [0.15, 0.2) is 12.1 Å². The number of hydrogen-bond acceptors (Lipinski definition) is 2. The fourth-order valence-corrected chi connectivity index (χ4v) is 1.76. The van der Waals surface area contributed by atoms with Crippen LogP contribution in [-0.2, 0) is 4.79 Å². The monoisotopic (exact) mass is 281 g/mol. The number of rotatable bonds is 4. The molecule has 0 saturated heterocycles. The molecule has 0 aliphatic carbocycles. The first kappa shape index (κ1) is 13.4. The molecule has 1 unspecified atom stereocenters. The smallest absolute Gasteiger partial charge is 0.326 e. The van der Waals surface area contributed by atoms with Gasteiger partial charge in [0, 0.05) is 0 Å². The Morgan fingerprint density at radius 2 is 1.88 bits per heavy atom. The first-order valence-corrected chi connectivity index (χ1v) is 5.73. The summed E-state index contributed by atoms with van der Waals surface area (Å²) < 4.78 is 0. The van der Waals surface area contributed by atoms with Crippen LogP contribution in [0.5, 0.6) is 0 Å². The van der Waals surface area contributed by atoms with E-state index in [0.717, 1.165) is 0 Å². The largest absolute Gasteiger partial charge is 0.480 e. The molecule has 88 valence electrons. The van der Waals surface area contributed by atoms with Crippen LogP contribution in [0.25, 0.3) is 0 Å². The Labute approximate surface area is 108 Å². The number of nitrogens with one attached hydrogen (secondary N) is 1. The van der Waals surface area contributed by atoms with Crippen molar-refractivity contribution < 1.29 is 9.90 Å². The summed E-state index contributed by atoms with van der Waals surface area (Å²) in [6.45, 7) is 1.76. The highest BCUT2D eigenvalue weighted by atomic mass is 35.5. The first-order valence-electron chi connectivity index (χ1n) is 4.59. The molecule has 0 bridgehead atoms. The lowest BCUT2D eigenvalue weighted by Crippen LogP contribution is -2.28. The van der Waals surface area contributed by atoms with Crippen LogP contribution in [0.2, 0.25) is 15.1 Å². The Hall–Kier alpha value is -0.640. The minimum Gasteiger partial charge on any atom is -0.480 e. The summed E-state index contributed by atoms with van der Waals surface area (Å²) in [6, 6.07) is 2.29. The summed E-state index contributed by atoms with van der Waals surface area (Å²) in [5, 5.41) is 12.7. The zero-order chi connectivity index (χ0) is 12.3. The summed E-state index contributed by atoms with van der Waals surface area (Å²) in [5.41, 5.74) is 0.463. The number of anilines is 1. The third-order valence-corrected chi connectivity index (χ3v) is 3.08. The van der Waals surface area contributed by atoms with Crippen LogP contribution in [0.3, 0.4) is 0 Å². The standard InChI is InChI=1S/C10H10Cl3NO2/c1-2-8(10(15)16)14-9-4-6(12)5(11)3-7(9)13/h3-4,8,14H,2H2,1H3,(H,15,16). The summed E-state index contributed by atoms with van der Waals surface area (Å²) >= 11 is 17.5. The second-order valence-corrected chi connectivity index (χ2v) is 4.41. The van der Waals surface area contributed by atoms with Gasteiger partial charge in [0.1, 0.15) is 6.04 Å². The van der Waals surface area contributed by atoms with E-state index in [1.807, 2.05) is 0 Å². The van der Waals surface area contributed by atoms with Crippen LogP contribution in [-0.4, -0.2) is 17.1 Å². The molecule has 0 saturated carbocycles. The number of halogens is 3. The van der Waals surface area contributed by atoms with Crippen molar-refractivity contribution in [2.45, 2.75) is 19.4 Å². The van der Waals surface area contributed by atoms with Crippen LogP contribution in [0.4, 0.5) is 5.69 Å². The highest BCUT2D eigenvalue weighted by Gasteiger charge is 2.16. The summed E-state index contributed by atoms with van der Waals surface area (Å²) in [4.78, 5) is 10.8. The highest BCUT2D eigenvalue weighted by Crippen LogP contribution is 2.32. The number of carbonyl (C=O) groups is 1. The third-order valence-electron chi connectivity index (χ3n) is 2.05. The molecular weight excluding hydrogens is 272 g/mol. The molecule has 0 heterocycles. The van der Waals surface area contributed by atoms with E-state index in [0.29, 0.717) is 27.2 Å². The van der Waals surface area contributed by atoms with Crippen molar-refractivity contribution in [2.75, 3.05) is 5.32 Å². The highest BCUT2D eigenvalue weighted by molar-refractivity contribution is 6.44. The van der Waals surface area contributed by atoms with Crippen LogP contribution in [0, 0.1) is 0 Å². The fourth-order valence-electron chi connectivity index (χ4n) is 1.16. The van der Waals surface area contributed by atoms with E-state index in [9.17, 15) is 4.79 Å². The second-order valence-electron chi connectivity index (χ2n) is 3.19. The minimum absolute atomic E-state index is 0.328. The van der Waals surface area contributed by atoms with E-state index >= 15 is 0 Å². The Bertz CT molecular complexity index is 409. The second kappa shape index (κ2) is 5.62. The molecule has 0 aromatic heterocycles. The zero-order valence-electron chi connectivity index (χ0n) is 8.43. The van der Waals surface area contributed by atoms with Gasteiger partial charge < -0.3 is 10.4 Å². The molecule has 1 aromatic carbocycles. The summed E-state index contributed by atoms with van der Waals surface area (Å²) in [7, 11) is 0. The molecule has 0 spiro atoms. The topological polar surface area (TPSA) is 49.3 Å². The molecule has 0 aliphatic rings. The summed E-state index contributed by atoms with van der Waals surface area (Å²) in [6.07, 6.45) is 0.436.